The van der Waals surface area contributed by atoms with Crippen LogP contribution in [0.2, 0.25) is 0 Å². The minimum atomic E-state index is -0.164. The molecule has 17 heavy (non-hydrogen) atoms. The molecule has 0 amide bonds. The Kier molecular flexibility index (Phi) is 2.76. The first-order valence-electron chi connectivity index (χ1n) is 6.11. The highest BCUT2D eigenvalue weighted by Crippen LogP contribution is 2.30. The van der Waals surface area contributed by atoms with Crippen LogP contribution in [-0.2, 0) is 11.2 Å². The SMILES string of the molecule is NC1COCC1CN1CCc2ccc(F)cc21. The van der Waals surface area contributed by atoms with Gasteiger partial charge in [-0.05, 0) is 24.1 Å². The number of fused-ring (bicyclic) bond motifs is 1. The molecule has 2 aliphatic heterocycles. The van der Waals surface area contributed by atoms with Gasteiger partial charge in [-0.2, -0.15) is 0 Å². The van der Waals surface area contributed by atoms with Crippen molar-refractivity contribution in [3.8, 4) is 0 Å². The third-order valence-electron chi connectivity index (χ3n) is 3.74. The molecule has 1 saturated heterocycles. The van der Waals surface area contributed by atoms with Crippen molar-refractivity contribution >= 4 is 5.69 Å². The highest BCUT2D eigenvalue weighted by atomic mass is 19.1. The van der Waals surface area contributed by atoms with E-state index in [2.05, 4.69) is 4.90 Å². The van der Waals surface area contributed by atoms with Gasteiger partial charge in [0.15, 0.2) is 0 Å². The van der Waals surface area contributed by atoms with E-state index in [1.54, 1.807) is 6.07 Å². The second kappa shape index (κ2) is 4.27. The number of halogens is 1. The fourth-order valence-corrected chi connectivity index (χ4v) is 2.69. The van der Waals surface area contributed by atoms with E-state index in [0.717, 1.165) is 31.8 Å². The lowest BCUT2D eigenvalue weighted by Gasteiger charge is -2.24. The van der Waals surface area contributed by atoms with Gasteiger partial charge in [-0.1, -0.05) is 6.07 Å². The molecule has 0 aromatic heterocycles. The molecule has 0 spiro atoms. The standard InChI is InChI=1S/C13H17FN2O/c14-11-2-1-9-3-4-16(13(9)5-11)6-10-7-17-8-12(10)15/h1-2,5,10,12H,3-4,6-8,15H2. The first-order valence-corrected chi connectivity index (χ1v) is 6.11. The number of benzene rings is 1. The molecule has 0 aliphatic carbocycles. The Hall–Kier alpha value is -1.13. The highest BCUT2D eigenvalue weighted by Gasteiger charge is 2.29. The number of anilines is 1. The number of ether oxygens (including phenoxy) is 1. The molecule has 1 aromatic carbocycles. The van der Waals surface area contributed by atoms with Crippen LogP contribution in [-0.4, -0.2) is 32.3 Å². The van der Waals surface area contributed by atoms with Gasteiger partial charge in [0.2, 0.25) is 0 Å². The van der Waals surface area contributed by atoms with E-state index in [1.807, 2.05) is 6.07 Å². The van der Waals surface area contributed by atoms with E-state index in [4.69, 9.17) is 10.5 Å². The van der Waals surface area contributed by atoms with Crippen molar-refractivity contribution in [2.75, 3.05) is 31.2 Å². The van der Waals surface area contributed by atoms with Crippen molar-refractivity contribution < 1.29 is 9.13 Å². The smallest absolute Gasteiger partial charge is 0.125 e. The molecule has 4 heteroatoms. The third-order valence-corrected chi connectivity index (χ3v) is 3.74. The maximum atomic E-state index is 13.2. The molecule has 1 fully saturated rings. The molecule has 92 valence electrons. The number of nitrogens with two attached hydrogens (primary N) is 1. The molecule has 3 nitrogen and oxygen atoms in total. The minimum Gasteiger partial charge on any atom is -0.379 e. The lowest BCUT2D eigenvalue weighted by atomic mass is 10.0. The molecule has 2 heterocycles. The molecule has 2 atom stereocenters. The Morgan fingerprint density at radius 1 is 1.41 bits per heavy atom. The predicted molar refractivity (Wildman–Crippen MR) is 64.6 cm³/mol. The molecule has 1 aromatic rings. The number of hydrogen-bond donors (Lipinski definition) is 1. The van der Waals surface area contributed by atoms with E-state index in [-0.39, 0.29) is 11.9 Å². The van der Waals surface area contributed by atoms with Crippen molar-refractivity contribution in [1.29, 1.82) is 0 Å². The average molecular weight is 236 g/mol. The average Bonchev–Trinajstić information content (AvgIpc) is 2.88. The van der Waals surface area contributed by atoms with Crippen molar-refractivity contribution in [2.24, 2.45) is 11.7 Å². The van der Waals surface area contributed by atoms with Crippen LogP contribution in [0.15, 0.2) is 18.2 Å². The summed E-state index contributed by atoms with van der Waals surface area (Å²) in [6.45, 7) is 3.20. The minimum absolute atomic E-state index is 0.118. The predicted octanol–water partition coefficient (Wildman–Crippen LogP) is 1.16. The van der Waals surface area contributed by atoms with Crippen LogP contribution < -0.4 is 10.6 Å². The summed E-state index contributed by atoms with van der Waals surface area (Å²) >= 11 is 0. The Bertz CT molecular complexity index is 424. The molecule has 3 rings (SSSR count). The van der Waals surface area contributed by atoms with E-state index < -0.39 is 0 Å². The number of nitrogens with zero attached hydrogens (tertiary/aromatic N) is 1. The van der Waals surface area contributed by atoms with E-state index >= 15 is 0 Å². The van der Waals surface area contributed by atoms with Crippen molar-refractivity contribution in [2.45, 2.75) is 12.5 Å². The van der Waals surface area contributed by atoms with Crippen LogP contribution in [0.4, 0.5) is 10.1 Å². The van der Waals surface area contributed by atoms with Gasteiger partial charge in [0.05, 0.1) is 13.2 Å². The van der Waals surface area contributed by atoms with E-state index in [9.17, 15) is 4.39 Å². The van der Waals surface area contributed by atoms with Gasteiger partial charge in [-0.15, -0.1) is 0 Å². The van der Waals surface area contributed by atoms with Crippen molar-refractivity contribution in [3.63, 3.8) is 0 Å². The van der Waals surface area contributed by atoms with Gasteiger partial charge >= 0.3 is 0 Å². The van der Waals surface area contributed by atoms with Crippen LogP contribution in [0.3, 0.4) is 0 Å². The zero-order valence-electron chi connectivity index (χ0n) is 9.73. The fraction of sp³-hybridized carbons (Fsp3) is 0.538. The lowest BCUT2D eigenvalue weighted by Crippen LogP contribution is -2.37. The molecular weight excluding hydrogens is 219 g/mol. The van der Waals surface area contributed by atoms with Gasteiger partial charge in [-0.3, -0.25) is 0 Å². The normalized spacial score (nSPS) is 27.5. The molecule has 2 unspecified atom stereocenters. The van der Waals surface area contributed by atoms with E-state index in [1.165, 1.54) is 11.6 Å². The molecule has 0 saturated carbocycles. The van der Waals surface area contributed by atoms with Gasteiger partial charge in [0.25, 0.3) is 0 Å². The summed E-state index contributed by atoms with van der Waals surface area (Å²) in [5.41, 5.74) is 8.25. The summed E-state index contributed by atoms with van der Waals surface area (Å²) < 4.78 is 18.6. The maximum absolute atomic E-state index is 13.2. The largest absolute Gasteiger partial charge is 0.379 e. The van der Waals surface area contributed by atoms with Gasteiger partial charge in [0, 0.05) is 30.7 Å². The second-order valence-corrected chi connectivity index (χ2v) is 4.93. The van der Waals surface area contributed by atoms with Crippen molar-refractivity contribution in [3.05, 3.63) is 29.6 Å². The first kappa shape index (κ1) is 11.0. The first-order chi connectivity index (χ1) is 8.24. The summed E-state index contributed by atoms with van der Waals surface area (Å²) in [4.78, 5) is 2.23. The Labute approximate surface area is 100 Å². The monoisotopic (exact) mass is 236 g/mol. The summed E-state index contributed by atoms with van der Waals surface area (Å²) in [7, 11) is 0. The summed E-state index contributed by atoms with van der Waals surface area (Å²) in [6.07, 6.45) is 0.998. The molecule has 0 radical (unpaired) electrons. The fourth-order valence-electron chi connectivity index (χ4n) is 2.69. The van der Waals surface area contributed by atoms with Gasteiger partial charge in [-0.25, -0.2) is 4.39 Å². The van der Waals surface area contributed by atoms with E-state index in [0.29, 0.717) is 12.5 Å². The summed E-state index contributed by atoms with van der Waals surface area (Å²) in [5.74, 6) is 0.201. The Morgan fingerprint density at radius 2 is 2.29 bits per heavy atom. The topological polar surface area (TPSA) is 38.5 Å². The van der Waals surface area contributed by atoms with Crippen LogP contribution in [0.5, 0.6) is 0 Å². The molecule has 2 N–H and O–H groups in total. The van der Waals surface area contributed by atoms with Crippen LogP contribution in [0.25, 0.3) is 0 Å². The van der Waals surface area contributed by atoms with Crippen LogP contribution in [0, 0.1) is 11.7 Å². The van der Waals surface area contributed by atoms with Crippen LogP contribution >= 0.6 is 0 Å². The number of hydrogen-bond acceptors (Lipinski definition) is 3. The van der Waals surface area contributed by atoms with Gasteiger partial charge in [0.1, 0.15) is 5.82 Å². The molecule has 0 bridgehead atoms. The highest BCUT2D eigenvalue weighted by molar-refractivity contribution is 5.58. The molecule has 2 aliphatic rings. The lowest BCUT2D eigenvalue weighted by molar-refractivity contribution is 0.185. The Morgan fingerprint density at radius 3 is 3.06 bits per heavy atom. The van der Waals surface area contributed by atoms with Gasteiger partial charge < -0.3 is 15.4 Å². The summed E-state index contributed by atoms with van der Waals surface area (Å²) in [5, 5.41) is 0. The molecular formula is C13H17FN2O. The second-order valence-electron chi connectivity index (χ2n) is 4.93. The third kappa shape index (κ3) is 2.03. The summed E-state index contributed by atoms with van der Waals surface area (Å²) in [6, 6.07) is 5.17. The zero-order valence-corrected chi connectivity index (χ0v) is 9.73. The Balaban J connectivity index is 1.76. The quantitative estimate of drug-likeness (QED) is 0.837. The number of rotatable bonds is 2. The van der Waals surface area contributed by atoms with Crippen molar-refractivity contribution in [1.82, 2.24) is 0 Å². The zero-order chi connectivity index (χ0) is 11.8. The van der Waals surface area contributed by atoms with Crippen LogP contribution in [0.1, 0.15) is 5.56 Å². The maximum Gasteiger partial charge on any atom is 0.125 e.